The summed E-state index contributed by atoms with van der Waals surface area (Å²) in [6.07, 6.45) is 2.46. The van der Waals surface area contributed by atoms with E-state index in [0.29, 0.717) is 37.9 Å². The number of guanidine groups is 4. The third-order valence-corrected chi connectivity index (χ3v) is 13.5. The van der Waals surface area contributed by atoms with Gasteiger partial charge in [0, 0.05) is 67.9 Å². The van der Waals surface area contributed by atoms with Gasteiger partial charge in [-0.3, -0.25) is 58.3 Å². The van der Waals surface area contributed by atoms with E-state index in [9.17, 15) is 38.4 Å². The lowest BCUT2D eigenvalue weighted by atomic mass is 10.1. The smallest absolute Gasteiger partial charge is 0.255 e. The van der Waals surface area contributed by atoms with Crippen molar-refractivity contribution in [2.45, 2.75) is 88.9 Å². The Labute approximate surface area is 531 Å². The molecule has 0 bridgehead atoms. The monoisotopic (exact) mass is 1280 g/mol. The second-order valence-corrected chi connectivity index (χ2v) is 20.5. The van der Waals surface area contributed by atoms with Crippen LogP contribution in [0, 0.1) is 0 Å². The van der Waals surface area contributed by atoms with Crippen molar-refractivity contribution in [1.82, 2.24) is 21.3 Å². The molecule has 0 aliphatic carbocycles. The lowest BCUT2D eigenvalue weighted by Crippen LogP contribution is -2.44. The first-order chi connectivity index (χ1) is 43.9. The van der Waals surface area contributed by atoms with Gasteiger partial charge in [-0.1, -0.05) is 0 Å². The molecule has 4 rings (SSSR count). The van der Waals surface area contributed by atoms with E-state index in [1.165, 1.54) is 96.0 Å². The Morgan fingerprint density at radius 2 is 0.761 bits per heavy atom. The zero-order valence-corrected chi connectivity index (χ0v) is 52.0. The summed E-state index contributed by atoms with van der Waals surface area (Å²) in [6, 6.07) is 13.6. The van der Waals surface area contributed by atoms with Crippen molar-refractivity contribution in [3.05, 3.63) is 95.1 Å². The van der Waals surface area contributed by atoms with Crippen molar-refractivity contribution >= 4 is 93.8 Å². The van der Waals surface area contributed by atoms with Crippen LogP contribution in [0.15, 0.2) is 92.8 Å². The number of carbonyl (C=O) groups excluding carboxylic acids is 8. The summed E-state index contributed by atoms with van der Waals surface area (Å²) in [5.41, 5.74) is 50.5. The second-order valence-electron chi connectivity index (χ2n) is 20.5. The minimum atomic E-state index is -1.26. The van der Waals surface area contributed by atoms with Gasteiger partial charge < -0.3 is 113 Å². The summed E-state index contributed by atoms with van der Waals surface area (Å²) < 4.78 is 21.8. The van der Waals surface area contributed by atoms with Crippen LogP contribution in [0.1, 0.15) is 106 Å². The number of primary amides is 1. The van der Waals surface area contributed by atoms with Gasteiger partial charge in [0.2, 0.25) is 23.6 Å². The van der Waals surface area contributed by atoms with E-state index in [4.69, 9.17) is 70.6 Å². The van der Waals surface area contributed by atoms with Crippen LogP contribution >= 0.6 is 0 Å². The van der Waals surface area contributed by atoms with Gasteiger partial charge >= 0.3 is 0 Å². The summed E-state index contributed by atoms with van der Waals surface area (Å²) in [4.78, 5) is 125. The van der Waals surface area contributed by atoms with Crippen LogP contribution in [-0.2, 0) is 19.2 Å². The summed E-state index contributed by atoms with van der Waals surface area (Å²) in [7, 11) is 5.41. The minimum Gasteiger partial charge on any atom is -0.496 e. The van der Waals surface area contributed by atoms with Gasteiger partial charge in [-0.25, -0.2) is 0 Å². The first kappa shape index (κ1) is 73.2. The van der Waals surface area contributed by atoms with E-state index in [1.807, 2.05) is 0 Å². The molecule has 0 fully saturated rings. The quantitative estimate of drug-likeness (QED) is 0.0154. The van der Waals surface area contributed by atoms with Gasteiger partial charge in [-0.15, -0.1) is 0 Å². The molecule has 92 heavy (non-hydrogen) atoms. The van der Waals surface area contributed by atoms with E-state index < -0.39 is 65.5 Å². The number of nitrogens with zero attached hydrogens (tertiary/aromatic N) is 4. The maximum atomic E-state index is 14.4. The summed E-state index contributed by atoms with van der Waals surface area (Å²) in [5.74, 6) is -5.15. The average molecular weight is 1280 g/mol. The molecule has 0 aliphatic rings. The van der Waals surface area contributed by atoms with Gasteiger partial charge in [0.15, 0.2) is 23.8 Å². The fourth-order valence-electron chi connectivity index (χ4n) is 8.89. The number of hydrogen-bond acceptors (Lipinski definition) is 17. The zero-order chi connectivity index (χ0) is 67.9. The van der Waals surface area contributed by atoms with Crippen molar-refractivity contribution in [1.29, 1.82) is 0 Å². The molecule has 0 aromatic heterocycles. The lowest BCUT2D eigenvalue weighted by molar-refractivity contribution is -0.126. The molecule has 0 spiro atoms. The molecule has 4 atom stereocenters. The molecule has 498 valence electrons. The first-order valence-electron chi connectivity index (χ1n) is 29.0. The molecule has 0 saturated carbocycles. The molecular formula is C59H85N21O12. The van der Waals surface area contributed by atoms with Crippen LogP contribution in [0.25, 0.3) is 0 Å². The topological polar surface area (TPSA) is 553 Å². The number of rotatable bonds is 38. The zero-order valence-electron chi connectivity index (χ0n) is 52.0. The number of nitrogens with one attached hydrogen (secondary N) is 8. The average Bonchev–Trinajstić information content (AvgIpc) is 1.16. The van der Waals surface area contributed by atoms with Crippen LogP contribution in [0.5, 0.6) is 23.0 Å². The maximum absolute atomic E-state index is 14.4. The largest absolute Gasteiger partial charge is 0.496 e. The molecule has 4 aromatic rings. The van der Waals surface area contributed by atoms with Gasteiger partial charge in [0.1, 0.15) is 41.1 Å². The van der Waals surface area contributed by atoms with E-state index in [2.05, 4.69) is 62.5 Å². The fraction of sp³-hybridized carbons (Fsp3) is 0.390. The Hall–Kier alpha value is -11.3. The highest BCUT2D eigenvalue weighted by Gasteiger charge is 2.28. The summed E-state index contributed by atoms with van der Waals surface area (Å²) in [5, 5.41) is 22.6. The van der Waals surface area contributed by atoms with Gasteiger partial charge in [0.05, 0.1) is 50.7 Å². The van der Waals surface area contributed by atoms with Gasteiger partial charge in [0.25, 0.3) is 23.6 Å². The Bertz CT molecular complexity index is 3340. The number of unbranched alkanes of at least 4 members (excludes halogenated alkanes) is 1. The first-order valence-corrected chi connectivity index (χ1v) is 29.0. The predicted molar refractivity (Wildman–Crippen MR) is 351 cm³/mol. The Morgan fingerprint density at radius 3 is 1.16 bits per heavy atom. The standard InChI is InChI=1S/C59H85N21O12/c1-32(74-48(81)14-6-7-23-69-56(61)62)50(83)75-35-17-21-46(91-4)40(29-35)51(84)78-37(11-8-24-70-57(63)64)31-73-33-15-19-45(90-3)39(27-33)52(85)79-43(13-10-26-72-59(67)68)55(88)77-36-18-22-47(92-5)41(30-36)53(86)80-42(12-9-25-71-58(65)66)54(87)76-34-16-20-44(89-2)38(28-34)49(60)82/h15-22,27-30,32,37,42-43,73H,6-14,23-26,31H2,1-5H3,(H2,60,82)(H,74,81)(H,75,83)(H,76,87)(H,77,88)(H,78,84)(H,79,85)(H,80,86)(H4,61,62,69)(H4,63,64,70)(H4,65,66,71)(H4,67,68,72)/t32-,37-,42-,43-/m0/s1. The molecule has 0 radical (unpaired) electrons. The molecule has 26 N–H and O–H groups in total. The SMILES string of the molecule is COc1ccc(NC(=O)[C@H](CCCN=C(N)N)NC(=O)c2cc(NC(=O)[C@H](CCCN=C(N)N)NC(=O)c3cc(NC[C@H](CCCN=C(N)N)NC(=O)c4cc(NC(=O)[C@H](C)NC(=O)CCCCN=C(N)N)ccc4OC)ccc3OC)ccc2OC)cc1C(N)=O. The van der Waals surface area contributed by atoms with Crippen LogP contribution in [0.3, 0.4) is 0 Å². The maximum Gasteiger partial charge on any atom is 0.255 e. The number of ether oxygens (including phenoxy) is 4. The molecule has 0 saturated heterocycles. The summed E-state index contributed by atoms with van der Waals surface area (Å²) in [6.45, 7) is 2.40. The molecule has 8 amide bonds. The summed E-state index contributed by atoms with van der Waals surface area (Å²) >= 11 is 0. The van der Waals surface area contributed by atoms with Crippen molar-refractivity contribution in [3.63, 3.8) is 0 Å². The van der Waals surface area contributed by atoms with Crippen LogP contribution in [0.4, 0.5) is 22.7 Å². The Morgan fingerprint density at radius 1 is 0.413 bits per heavy atom. The second kappa shape index (κ2) is 37.5. The van der Waals surface area contributed by atoms with E-state index in [-0.39, 0.29) is 150 Å². The molecule has 33 heteroatoms. The molecular weight excluding hydrogens is 1190 g/mol. The Kier molecular flexibility index (Phi) is 29.9. The number of methoxy groups -OCH3 is 4. The number of hydrogen-bond donors (Lipinski definition) is 17. The third-order valence-electron chi connectivity index (χ3n) is 13.5. The number of nitrogens with two attached hydrogens (primary N) is 9. The number of amides is 8. The van der Waals surface area contributed by atoms with E-state index >= 15 is 0 Å². The van der Waals surface area contributed by atoms with Crippen molar-refractivity contribution in [2.24, 2.45) is 71.6 Å². The number of anilines is 4. The van der Waals surface area contributed by atoms with Gasteiger partial charge in [-0.2, -0.15) is 0 Å². The minimum absolute atomic E-state index is 0.00297. The highest BCUT2D eigenvalue weighted by Crippen LogP contribution is 2.28. The molecule has 0 heterocycles. The fourth-order valence-corrected chi connectivity index (χ4v) is 8.89. The van der Waals surface area contributed by atoms with Crippen molar-refractivity contribution < 1.29 is 57.3 Å². The van der Waals surface area contributed by atoms with Crippen LogP contribution in [0.2, 0.25) is 0 Å². The Balaban J connectivity index is 1.56. The normalized spacial score (nSPS) is 11.8. The molecule has 0 aliphatic heterocycles. The number of carbonyl (C=O) groups is 8. The third kappa shape index (κ3) is 24.7. The number of aliphatic imine (C=N–C) groups is 4. The van der Waals surface area contributed by atoms with E-state index in [1.54, 1.807) is 12.1 Å². The number of benzene rings is 4. The highest BCUT2D eigenvalue weighted by atomic mass is 16.5. The highest BCUT2D eigenvalue weighted by molar-refractivity contribution is 6.06. The van der Waals surface area contributed by atoms with E-state index in [0.717, 1.165) is 0 Å². The lowest BCUT2D eigenvalue weighted by Gasteiger charge is -2.22. The van der Waals surface area contributed by atoms with Crippen LogP contribution in [-0.4, -0.2) is 156 Å². The molecule has 4 aromatic carbocycles. The molecule has 0 unspecified atom stereocenters. The van der Waals surface area contributed by atoms with Gasteiger partial charge in [-0.05, 0) is 131 Å². The predicted octanol–water partition coefficient (Wildman–Crippen LogP) is -0.448. The van der Waals surface area contributed by atoms with Crippen molar-refractivity contribution in [3.8, 4) is 23.0 Å². The molecule has 33 nitrogen and oxygen atoms in total. The van der Waals surface area contributed by atoms with Crippen LogP contribution < -0.4 is 113 Å². The van der Waals surface area contributed by atoms with Crippen molar-refractivity contribution in [2.75, 3.05) is 82.4 Å².